The van der Waals surface area contributed by atoms with E-state index in [0.717, 1.165) is 45.6 Å². The van der Waals surface area contributed by atoms with Gasteiger partial charge in [-0.2, -0.15) is 0 Å². The standard InChI is InChI=1S/C22H31N3O3/c1-17(26)25-16-22(19-14-28-15-20(19)25)8-10-24(11-9-22)21(27)13-23(2)12-18-6-4-3-5-7-18/h3-7,19-20H,8-16H2,1-2H3/t19-,20+/m0/s1. The van der Waals surface area contributed by atoms with Crippen molar-refractivity contribution < 1.29 is 14.3 Å². The summed E-state index contributed by atoms with van der Waals surface area (Å²) >= 11 is 0. The minimum absolute atomic E-state index is 0.125. The number of nitrogens with zero attached hydrogens (tertiary/aromatic N) is 3. The van der Waals surface area contributed by atoms with Crippen molar-refractivity contribution in [2.24, 2.45) is 11.3 Å². The lowest BCUT2D eigenvalue weighted by atomic mass is 9.70. The number of carbonyl (C=O) groups is 2. The van der Waals surface area contributed by atoms with Crippen LogP contribution in [0, 0.1) is 11.3 Å². The van der Waals surface area contributed by atoms with E-state index in [1.807, 2.05) is 35.0 Å². The lowest BCUT2D eigenvalue weighted by molar-refractivity contribution is -0.136. The van der Waals surface area contributed by atoms with Gasteiger partial charge in [-0.15, -0.1) is 0 Å². The lowest BCUT2D eigenvalue weighted by Gasteiger charge is -2.42. The van der Waals surface area contributed by atoms with Crippen LogP contribution < -0.4 is 0 Å². The predicted molar refractivity (Wildman–Crippen MR) is 107 cm³/mol. The third kappa shape index (κ3) is 3.67. The molecule has 0 N–H and O–H groups in total. The van der Waals surface area contributed by atoms with Gasteiger partial charge in [0, 0.05) is 39.0 Å². The molecular formula is C22H31N3O3. The molecule has 1 spiro atoms. The topological polar surface area (TPSA) is 53.1 Å². The van der Waals surface area contributed by atoms with E-state index in [2.05, 4.69) is 17.0 Å². The maximum atomic E-state index is 12.8. The summed E-state index contributed by atoms with van der Waals surface area (Å²) in [4.78, 5) is 31.0. The Balaban J connectivity index is 1.32. The second-order valence-electron chi connectivity index (χ2n) is 8.76. The molecule has 3 aliphatic heterocycles. The van der Waals surface area contributed by atoms with E-state index in [0.29, 0.717) is 19.1 Å². The molecule has 1 aromatic rings. The average Bonchev–Trinajstić information content (AvgIpc) is 3.26. The van der Waals surface area contributed by atoms with Gasteiger partial charge in [-0.1, -0.05) is 30.3 Å². The van der Waals surface area contributed by atoms with E-state index < -0.39 is 0 Å². The van der Waals surface area contributed by atoms with Gasteiger partial charge < -0.3 is 14.5 Å². The molecule has 28 heavy (non-hydrogen) atoms. The van der Waals surface area contributed by atoms with E-state index in [-0.39, 0.29) is 23.3 Å². The number of benzene rings is 1. The SMILES string of the molecule is CC(=O)N1CC2(CCN(C(=O)CN(C)Cc3ccccc3)CC2)[C@H]2COC[C@H]21. The number of fused-ring (bicyclic) bond motifs is 2. The van der Waals surface area contributed by atoms with Gasteiger partial charge >= 0.3 is 0 Å². The predicted octanol–water partition coefficient (Wildman–Crippen LogP) is 1.60. The molecule has 3 fully saturated rings. The van der Waals surface area contributed by atoms with Gasteiger partial charge in [0.2, 0.25) is 11.8 Å². The molecule has 2 atom stereocenters. The quantitative estimate of drug-likeness (QED) is 0.790. The van der Waals surface area contributed by atoms with Gasteiger partial charge in [0.25, 0.3) is 0 Å². The second-order valence-corrected chi connectivity index (χ2v) is 8.76. The smallest absolute Gasteiger partial charge is 0.236 e. The van der Waals surface area contributed by atoms with Gasteiger partial charge in [0.1, 0.15) is 0 Å². The number of hydrogen-bond acceptors (Lipinski definition) is 4. The van der Waals surface area contributed by atoms with Crippen molar-refractivity contribution in [1.29, 1.82) is 0 Å². The van der Waals surface area contributed by atoms with Crippen LogP contribution in [0.25, 0.3) is 0 Å². The number of likely N-dealkylation sites (tertiary alicyclic amines) is 2. The zero-order chi connectivity index (χ0) is 19.7. The second kappa shape index (κ2) is 7.84. The van der Waals surface area contributed by atoms with Crippen molar-refractivity contribution in [2.75, 3.05) is 46.4 Å². The zero-order valence-electron chi connectivity index (χ0n) is 17.0. The third-order valence-corrected chi connectivity index (χ3v) is 6.94. The molecule has 6 heteroatoms. The number of carbonyl (C=O) groups excluding carboxylic acids is 2. The van der Waals surface area contributed by atoms with Gasteiger partial charge in [0.05, 0.1) is 25.8 Å². The Morgan fingerprint density at radius 3 is 2.57 bits per heavy atom. The average molecular weight is 386 g/mol. The van der Waals surface area contributed by atoms with Crippen LogP contribution in [0.2, 0.25) is 0 Å². The Morgan fingerprint density at radius 2 is 1.89 bits per heavy atom. The van der Waals surface area contributed by atoms with Crippen molar-refractivity contribution >= 4 is 11.8 Å². The number of piperidine rings is 1. The molecular weight excluding hydrogens is 354 g/mol. The summed E-state index contributed by atoms with van der Waals surface area (Å²) in [6, 6.07) is 10.5. The summed E-state index contributed by atoms with van der Waals surface area (Å²) in [5, 5.41) is 0. The van der Waals surface area contributed by atoms with Crippen molar-refractivity contribution in [3.05, 3.63) is 35.9 Å². The monoisotopic (exact) mass is 385 g/mol. The Bertz CT molecular complexity index is 715. The van der Waals surface area contributed by atoms with Crippen molar-refractivity contribution in [1.82, 2.24) is 14.7 Å². The summed E-state index contributed by atoms with van der Waals surface area (Å²) < 4.78 is 5.72. The first-order valence-electron chi connectivity index (χ1n) is 10.3. The first-order valence-corrected chi connectivity index (χ1v) is 10.3. The highest BCUT2D eigenvalue weighted by atomic mass is 16.5. The zero-order valence-corrected chi connectivity index (χ0v) is 17.0. The highest BCUT2D eigenvalue weighted by Gasteiger charge is 2.56. The van der Waals surface area contributed by atoms with Crippen molar-refractivity contribution in [2.45, 2.75) is 32.4 Å². The maximum Gasteiger partial charge on any atom is 0.236 e. The fourth-order valence-electron chi connectivity index (χ4n) is 5.37. The molecule has 152 valence electrons. The Morgan fingerprint density at radius 1 is 1.18 bits per heavy atom. The summed E-state index contributed by atoms with van der Waals surface area (Å²) in [6.45, 7) is 6.70. The molecule has 0 aromatic heterocycles. The number of amides is 2. The molecule has 0 bridgehead atoms. The molecule has 3 saturated heterocycles. The lowest BCUT2D eigenvalue weighted by Crippen LogP contribution is -2.49. The van der Waals surface area contributed by atoms with E-state index in [1.165, 1.54) is 5.56 Å². The molecule has 0 unspecified atom stereocenters. The summed E-state index contributed by atoms with van der Waals surface area (Å²) in [6.07, 6.45) is 1.94. The molecule has 6 nitrogen and oxygen atoms in total. The normalized spacial score (nSPS) is 26.1. The van der Waals surface area contributed by atoms with Crippen LogP contribution in [-0.2, 0) is 20.9 Å². The van der Waals surface area contributed by atoms with E-state index >= 15 is 0 Å². The fourth-order valence-corrected chi connectivity index (χ4v) is 5.37. The number of rotatable bonds is 4. The molecule has 0 saturated carbocycles. The summed E-state index contributed by atoms with van der Waals surface area (Å²) in [5.74, 6) is 0.779. The molecule has 0 radical (unpaired) electrons. The van der Waals surface area contributed by atoms with Gasteiger partial charge in [-0.3, -0.25) is 14.5 Å². The van der Waals surface area contributed by atoms with Crippen LogP contribution in [-0.4, -0.2) is 79.0 Å². The number of hydrogen-bond donors (Lipinski definition) is 0. The third-order valence-electron chi connectivity index (χ3n) is 6.94. The van der Waals surface area contributed by atoms with Crippen LogP contribution >= 0.6 is 0 Å². The minimum atomic E-state index is 0.125. The first-order chi connectivity index (χ1) is 13.5. The highest BCUT2D eigenvalue weighted by molar-refractivity contribution is 5.78. The van der Waals surface area contributed by atoms with E-state index in [9.17, 15) is 9.59 Å². The van der Waals surface area contributed by atoms with E-state index in [1.54, 1.807) is 6.92 Å². The number of likely N-dealkylation sites (N-methyl/N-ethyl adjacent to an activating group) is 1. The summed E-state index contributed by atoms with van der Waals surface area (Å²) in [5.41, 5.74) is 1.34. The minimum Gasteiger partial charge on any atom is -0.379 e. The largest absolute Gasteiger partial charge is 0.379 e. The number of ether oxygens (including phenoxy) is 1. The Hall–Kier alpha value is -1.92. The maximum absolute atomic E-state index is 12.8. The van der Waals surface area contributed by atoms with Crippen LogP contribution in [0.1, 0.15) is 25.3 Å². The van der Waals surface area contributed by atoms with Crippen molar-refractivity contribution in [3.8, 4) is 0 Å². The molecule has 4 rings (SSSR count). The highest BCUT2D eigenvalue weighted by Crippen LogP contribution is 2.50. The van der Waals surface area contributed by atoms with E-state index in [4.69, 9.17) is 4.74 Å². The van der Waals surface area contributed by atoms with Crippen LogP contribution in [0.15, 0.2) is 30.3 Å². The Labute approximate surface area is 167 Å². The van der Waals surface area contributed by atoms with Gasteiger partial charge in [-0.05, 0) is 30.9 Å². The molecule has 3 heterocycles. The molecule has 2 amide bonds. The van der Waals surface area contributed by atoms with Crippen LogP contribution in [0.5, 0.6) is 0 Å². The Kier molecular flexibility index (Phi) is 5.43. The van der Waals surface area contributed by atoms with Crippen molar-refractivity contribution in [3.63, 3.8) is 0 Å². The summed E-state index contributed by atoms with van der Waals surface area (Å²) in [7, 11) is 2.00. The van der Waals surface area contributed by atoms with Gasteiger partial charge in [0.15, 0.2) is 0 Å². The van der Waals surface area contributed by atoms with Crippen LogP contribution in [0.4, 0.5) is 0 Å². The van der Waals surface area contributed by atoms with Gasteiger partial charge in [-0.25, -0.2) is 0 Å². The first kappa shape index (κ1) is 19.4. The molecule has 0 aliphatic carbocycles. The van der Waals surface area contributed by atoms with Crippen LogP contribution in [0.3, 0.4) is 0 Å². The molecule has 1 aromatic carbocycles. The molecule has 3 aliphatic rings. The fraction of sp³-hybridized carbons (Fsp3) is 0.636.